The predicted octanol–water partition coefficient (Wildman–Crippen LogP) is 4.23. The number of esters is 1. The van der Waals surface area contributed by atoms with E-state index >= 15 is 0 Å². The number of aromatic nitrogens is 2. The van der Waals surface area contributed by atoms with Gasteiger partial charge in [-0.2, -0.15) is 0 Å². The maximum Gasteiger partial charge on any atom is 0.339 e. The number of hydrogen-bond donors (Lipinski definition) is 1. The third-order valence-electron chi connectivity index (χ3n) is 5.64. The van der Waals surface area contributed by atoms with Crippen molar-refractivity contribution in [2.24, 2.45) is 0 Å². The first-order chi connectivity index (χ1) is 15.3. The summed E-state index contributed by atoms with van der Waals surface area (Å²) in [7, 11) is 0. The number of benzene rings is 1. The molecule has 0 radical (unpaired) electrons. The molecule has 8 heteroatoms. The summed E-state index contributed by atoms with van der Waals surface area (Å²) in [5.74, 6) is -0.664. The largest absolute Gasteiger partial charge is 0.449 e. The van der Waals surface area contributed by atoms with Crippen LogP contribution in [0.5, 0.6) is 0 Å². The second kappa shape index (κ2) is 9.22. The summed E-state index contributed by atoms with van der Waals surface area (Å²) < 4.78 is 5.61. The van der Waals surface area contributed by atoms with Crippen molar-refractivity contribution in [3.05, 3.63) is 64.4 Å². The lowest BCUT2D eigenvalue weighted by Gasteiger charge is -2.32. The van der Waals surface area contributed by atoms with Gasteiger partial charge < -0.3 is 10.1 Å². The number of anilines is 1. The highest BCUT2D eigenvalue weighted by Crippen LogP contribution is 2.29. The summed E-state index contributed by atoms with van der Waals surface area (Å²) in [6, 6.07) is 11.1. The van der Waals surface area contributed by atoms with Crippen LogP contribution in [0.1, 0.15) is 42.4 Å². The fraction of sp³-hybridized carbons (Fsp3) is 0.333. The molecule has 0 spiro atoms. The van der Waals surface area contributed by atoms with Gasteiger partial charge in [-0.05, 0) is 39.0 Å². The number of fused-ring (bicyclic) bond motifs is 2. The average molecular weight is 453 g/mol. The summed E-state index contributed by atoms with van der Waals surface area (Å²) in [5.41, 5.74) is 3.02. The molecule has 2 aromatic heterocycles. The fourth-order valence-electron chi connectivity index (χ4n) is 3.84. The lowest BCUT2D eigenvalue weighted by Crippen LogP contribution is -2.37. The Morgan fingerprint density at radius 3 is 2.66 bits per heavy atom. The van der Waals surface area contributed by atoms with E-state index in [1.165, 1.54) is 6.20 Å². The van der Waals surface area contributed by atoms with Gasteiger partial charge in [-0.1, -0.05) is 29.8 Å². The maximum absolute atomic E-state index is 13.3. The molecule has 166 valence electrons. The van der Waals surface area contributed by atoms with Gasteiger partial charge in [-0.15, -0.1) is 0 Å². The van der Waals surface area contributed by atoms with Gasteiger partial charge in [0.2, 0.25) is 0 Å². The zero-order chi connectivity index (χ0) is 22.8. The van der Waals surface area contributed by atoms with E-state index in [0.717, 1.165) is 35.1 Å². The number of para-hydroxylation sites is 1. The van der Waals surface area contributed by atoms with Gasteiger partial charge in [-0.3, -0.25) is 14.7 Å². The second-order valence-electron chi connectivity index (χ2n) is 8.14. The van der Waals surface area contributed by atoms with Gasteiger partial charge in [0, 0.05) is 48.4 Å². The number of nitrogens with zero attached hydrogens (tertiary/aromatic N) is 3. The first-order valence-electron chi connectivity index (χ1n) is 10.6. The normalized spacial score (nSPS) is 14.8. The zero-order valence-electron chi connectivity index (χ0n) is 18.3. The van der Waals surface area contributed by atoms with Crippen molar-refractivity contribution in [1.29, 1.82) is 0 Å². The molecule has 0 aliphatic carbocycles. The Labute approximate surface area is 191 Å². The molecule has 1 atom stereocenters. The minimum Gasteiger partial charge on any atom is -0.449 e. The van der Waals surface area contributed by atoms with Crippen molar-refractivity contribution < 1.29 is 14.3 Å². The molecular formula is C24H25ClN4O3. The number of rotatable bonds is 5. The topological polar surface area (TPSA) is 84.4 Å². The number of carbonyl (C=O) groups is 2. The Hall–Kier alpha value is -3.03. The first-order valence-corrected chi connectivity index (χ1v) is 11.0. The Bertz CT molecular complexity index is 1160. The van der Waals surface area contributed by atoms with Crippen LogP contribution in [0.15, 0.2) is 42.6 Å². The molecule has 1 N–H and O–H groups in total. The van der Waals surface area contributed by atoms with E-state index in [2.05, 4.69) is 29.0 Å². The molecule has 0 saturated carbocycles. The Morgan fingerprint density at radius 2 is 1.94 bits per heavy atom. The molecule has 7 nitrogen and oxygen atoms in total. The Balaban J connectivity index is 1.62. The SMILES string of the molecule is CC(OC(=O)c1c2c(nc3ccccc13)CCN(C(C)C)C2)C(=O)Nc1ccc(Cl)cn1. The Kier molecular flexibility index (Phi) is 6.39. The molecular weight excluding hydrogens is 428 g/mol. The van der Waals surface area contributed by atoms with Crippen LogP contribution in [0, 0.1) is 0 Å². The van der Waals surface area contributed by atoms with Gasteiger partial charge in [0.15, 0.2) is 6.10 Å². The minimum atomic E-state index is -1.01. The van der Waals surface area contributed by atoms with Crippen molar-refractivity contribution in [3.8, 4) is 0 Å². The number of nitrogens with one attached hydrogen (secondary N) is 1. The highest BCUT2D eigenvalue weighted by molar-refractivity contribution is 6.30. The number of hydrogen-bond acceptors (Lipinski definition) is 6. The summed E-state index contributed by atoms with van der Waals surface area (Å²) in [4.78, 5) is 37.1. The van der Waals surface area contributed by atoms with E-state index in [0.29, 0.717) is 29.0 Å². The maximum atomic E-state index is 13.3. The van der Waals surface area contributed by atoms with Crippen molar-refractivity contribution >= 4 is 40.2 Å². The summed E-state index contributed by atoms with van der Waals surface area (Å²) in [6.45, 7) is 7.31. The lowest BCUT2D eigenvalue weighted by atomic mass is 9.95. The highest BCUT2D eigenvalue weighted by atomic mass is 35.5. The van der Waals surface area contributed by atoms with Crippen molar-refractivity contribution in [3.63, 3.8) is 0 Å². The quantitative estimate of drug-likeness (QED) is 0.583. The van der Waals surface area contributed by atoms with Crippen LogP contribution < -0.4 is 5.32 Å². The van der Waals surface area contributed by atoms with Gasteiger partial charge in [0.25, 0.3) is 5.91 Å². The van der Waals surface area contributed by atoms with E-state index < -0.39 is 18.0 Å². The minimum absolute atomic E-state index is 0.335. The summed E-state index contributed by atoms with van der Waals surface area (Å²) >= 11 is 5.83. The van der Waals surface area contributed by atoms with Gasteiger partial charge in [-0.25, -0.2) is 9.78 Å². The number of halogens is 1. The van der Waals surface area contributed by atoms with Crippen LogP contribution in [0.25, 0.3) is 10.9 Å². The monoisotopic (exact) mass is 452 g/mol. The molecule has 1 aliphatic heterocycles. The number of ether oxygens (including phenoxy) is 1. The third-order valence-corrected chi connectivity index (χ3v) is 5.87. The van der Waals surface area contributed by atoms with Gasteiger partial charge >= 0.3 is 5.97 Å². The molecule has 4 rings (SSSR count). The third kappa shape index (κ3) is 4.59. The molecule has 1 aromatic carbocycles. The van der Waals surface area contributed by atoms with Crippen LogP contribution in [0.3, 0.4) is 0 Å². The number of amides is 1. The molecule has 0 fully saturated rings. The van der Waals surface area contributed by atoms with E-state index in [4.69, 9.17) is 21.3 Å². The van der Waals surface area contributed by atoms with Crippen LogP contribution >= 0.6 is 11.6 Å². The van der Waals surface area contributed by atoms with Crippen molar-refractivity contribution in [2.75, 3.05) is 11.9 Å². The fourth-order valence-corrected chi connectivity index (χ4v) is 3.95. The molecule has 0 bridgehead atoms. The molecule has 1 amide bonds. The summed E-state index contributed by atoms with van der Waals surface area (Å²) in [5, 5.41) is 3.84. The van der Waals surface area contributed by atoms with E-state index in [-0.39, 0.29) is 0 Å². The smallest absolute Gasteiger partial charge is 0.339 e. The molecule has 32 heavy (non-hydrogen) atoms. The number of carbonyl (C=O) groups excluding carboxylic acids is 2. The molecule has 1 aliphatic rings. The first kappa shape index (κ1) is 22.2. The van der Waals surface area contributed by atoms with Gasteiger partial charge in [0.05, 0.1) is 16.1 Å². The van der Waals surface area contributed by atoms with E-state index in [1.54, 1.807) is 19.1 Å². The summed E-state index contributed by atoms with van der Waals surface area (Å²) in [6.07, 6.45) is 1.19. The molecule has 3 heterocycles. The molecule has 1 unspecified atom stereocenters. The van der Waals surface area contributed by atoms with Crippen LogP contribution in [0.4, 0.5) is 5.82 Å². The highest BCUT2D eigenvalue weighted by Gasteiger charge is 2.29. The lowest BCUT2D eigenvalue weighted by molar-refractivity contribution is -0.123. The standard InChI is InChI=1S/C24H25ClN4O3/c1-14(2)29-11-10-20-18(13-29)22(17-6-4-5-7-19(17)27-20)24(31)32-15(3)23(30)28-21-9-8-16(25)12-26-21/h4-9,12,14-15H,10-11,13H2,1-3H3,(H,26,28,30). The second-order valence-corrected chi connectivity index (χ2v) is 8.58. The van der Waals surface area contributed by atoms with Crippen molar-refractivity contribution in [1.82, 2.24) is 14.9 Å². The van der Waals surface area contributed by atoms with E-state index in [1.807, 2.05) is 24.3 Å². The molecule has 3 aromatic rings. The van der Waals surface area contributed by atoms with E-state index in [9.17, 15) is 9.59 Å². The van der Waals surface area contributed by atoms with Crippen LogP contribution in [0.2, 0.25) is 5.02 Å². The predicted molar refractivity (Wildman–Crippen MR) is 124 cm³/mol. The average Bonchev–Trinajstić information content (AvgIpc) is 2.78. The molecule has 0 saturated heterocycles. The zero-order valence-corrected chi connectivity index (χ0v) is 19.0. The Morgan fingerprint density at radius 1 is 1.16 bits per heavy atom. The van der Waals surface area contributed by atoms with Crippen LogP contribution in [-0.4, -0.2) is 45.4 Å². The van der Waals surface area contributed by atoms with Gasteiger partial charge in [0.1, 0.15) is 5.82 Å². The van der Waals surface area contributed by atoms with Crippen molar-refractivity contribution in [2.45, 2.75) is 45.9 Å². The van der Waals surface area contributed by atoms with Crippen LogP contribution in [-0.2, 0) is 22.5 Å². The number of pyridine rings is 2.